The minimum Gasteiger partial charge on any atom is -0.494 e. The van der Waals surface area contributed by atoms with Gasteiger partial charge in [-0.3, -0.25) is 4.72 Å². The molecule has 0 aliphatic heterocycles. The van der Waals surface area contributed by atoms with Crippen LogP contribution in [0.4, 0.5) is 17.1 Å². The number of nitrogens with one attached hydrogen (secondary N) is 3. The minimum atomic E-state index is -4.01. The Morgan fingerprint density at radius 2 is 1.53 bits per heavy atom. The van der Waals surface area contributed by atoms with Crippen molar-refractivity contribution in [2.45, 2.75) is 16.7 Å². The summed E-state index contributed by atoms with van der Waals surface area (Å²) in [6.45, 7) is 2.35. The summed E-state index contributed by atoms with van der Waals surface area (Å²) in [5.41, 5.74) is 1.15. The molecule has 0 radical (unpaired) electrons. The van der Waals surface area contributed by atoms with Gasteiger partial charge in [0.05, 0.1) is 16.5 Å². The van der Waals surface area contributed by atoms with Crippen LogP contribution in [-0.4, -0.2) is 47.0 Å². The maximum atomic E-state index is 13.0. The first kappa shape index (κ1) is 27.7. The molecule has 9 nitrogen and oxygen atoms in total. The van der Waals surface area contributed by atoms with Crippen molar-refractivity contribution in [1.29, 1.82) is 0 Å². The van der Waals surface area contributed by atoms with Gasteiger partial charge in [0.15, 0.2) is 5.11 Å². The first-order valence-corrected chi connectivity index (χ1v) is 14.3. The lowest BCUT2D eigenvalue weighted by Gasteiger charge is -2.15. The van der Waals surface area contributed by atoms with Gasteiger partial charge in [-0.25, -0.2) is 21.1 Å². The molecule has 3 aromatic rings. The van der Waals surface area contributed by atoms with Gasteiger partial charge in [0, 0.05) is 31.2 Å². The summed E-state index contributed by atoms with van der Waals surface area (Å²) in [5.74, 6) is 0.621. The molecule has 0 spiro atoms. The first-order valence-electron chi connectivity index (χ1n) is 10.6. The summed E-state index contributed by atoms with van der Waals surface area (Å²) in [4.78, 5) is -0.0505. The third-order valence-corrected chi connectivity index (χ3v) is 8.64. The molecule has 0 amide bonds. The SMILES string of the molecule is CCOc1ccc(NS(=O)(=O)c2cc(NC(=S)Nc3cccc(S(=O)(=O)N(C)C)c3)ccc2Cl)cc1. The number of hydrogen-bond acceptors (Lipinski definition) is 6. The molecule has 192 valence electrons. The number of anilines is 3. The summed E-state index contributed by atoms with van der Waals surface area (Å²) >= 11 is 11.5. The molecule has 36 heavy (non-hydrogen) atoms. The molecule has 0 aliphatic rings. The van der Waals surface area contributed by atoms with Crippen LogP contribution in [-0.2, 0) is 20.0 Å². The van der Waals surface area contributed by atoms with Crippen LogP contribution in [0.1, 0.15) is 6.92 Å². The van der Waals surface area contributed by atoms with E-state index >= 15 is 0 Å². The summed E-state index contributed by atoms with van der Waals surface area (Å²) in [6.07, 6.45) is 0. The second-order valence-corrected chi connectivity index (χ2v) is 12.2. The van der Waals surface area contributed by atoms with Gasteiger partial charge in [0.25, 0.3) is 10.0 Å². The van der Waals surface area contributed by atoms with Crippen LogP contribution in [0.3, 0.4) is 0 Å². The molecule has 0 bridgehead atoms. The van der Waals surface area contributed by atoms with Gasteiger partial charge in [-0.05, 0) is 79.8 Å². The van der Waals surface area contributed by atoms with Crippen LogP contribution in [0.5, 0.6) is 5.75 Å². The summed E-state index contributed by atoms with van der Waals surface area (Å²) < 4.78 is 59.7. The summed E-state index contributed by atoms with van der Waals surface area (Å²) in [5, 5.41) is 5.94. The third-order valence-electron chi connectivity index (χ3n) is 4.77. The van der Waals surface area contributed by atoms with Crippen LogP contribution in [0.15, 0.2) is 76.5 Å². The predicted octanol–water partition coefficient (Wildman–Crippen LogP) is 4.60. The van der Waals surface area contributed by atoms with Crippen molar-refractivity contribution in [3.05, 3.63) is 71.8 Å². The number of nitrogens with zero attached hydrogens (tertiary/aromatic N) is 1. The van der Waals surface area contributed by atoms with Gasteiger partial charge in [0.1, 0.15) is 10.6 Å². The Morgan fingerprint density at radius 1 is 0.917 bits per heavy atom. The van der Waals surface area contributed by atoms with E-state index in [0.29, 0.717) is 29.4 Å². The highest BCUT2D eigenvalue weighted by Crippen LogP contribution is 2.28. The normalized spacial score (nSPS) is 11.7. The molecular formula is C23H25ClN4O5S3. The molecule has 0 aromatic heterocycles. The van der Waals surface area contributed by atoms with Crippen molar-refractivity contribution in [2.75, 3.05) is 36.1 Å². The summed E-state index contributed by atoms with van der Waals surface area (Å²) in [7, 11) is -4.75. The van der Waals surface area contributed by atoms with E-state index in [-0.39, 0.29) is 19.9 Å². The highest BCUT2D eigenvalue weighted by Gasteiger charge is 2.20. The smallest absolute Gasteiger partial charge is 0.263 e. The third kappa shape index (κ3) is 6.86. The van der Waals surface area contributed by atoms with Crippen LogP contribution in [0, 0.1) is 0 Å². The molecule has 0 aliphatic carbocycles. The highest BCUT2D eigenvalue weighted by atomic mass is 35.5. The molecular weight excluding hydrogens is 544 g/mol. The van der Waals surface area contributed by atoms with Gasteiger partial charge in [-0.1, -0.05) is 17.7 Å². The number of ether oxygens (including phenoxy) is 1. The van der Waals surface area contributed by atoms with E-state index in [1.807, 2.05) is 6.92 Å². The molecule has 0 saturated heterocycles. The van der Waals surface area contributed by atoms with Crippen molar-refractivity contribution in [2.24, 2.45) is 0 Å². The fraction of sp³-hybridized carbons (Fsp3) is 0.174. The van der Waals surface area contributed by atoms with Crippen LogP contribution in [0.25, 0.3) is 0 Å². The van der Waals surface area contributed by atoms with Gasteiger partial charge in [0.2, 0.25) is 10.0 Å². The van der Waals surface area contributed by atoms with Crippen molar-refractivity contribution in [3.8, 4) is 5.75 Å². The number of rotatable bonds is 9. The number of benzene rings is 3. The van der Waals surface area contributed by atoms with Crippen molar-refractivity contribution in [1.82, 2.24) is 4.31 Å². The molecule has 0 fully saturated rings. The second-order valence-electron chi connectivity index (χ2n) is 7.60. The lowest BCUT2D eigenvalue weighted by Crippen LogP contribution is -2.23. The maximum absolute atomic E-state index is 13.0. The van der Waals surface area contributed by atoms with Gasteiger partial charge in [-0.15, -0.1) is 0 Å². The number of hydrogen-bond donors (Lipinski definition) is 3. The van der Waals surface area contributed by atoms with E-state index in [1.165, 1.54) is 38.4 Å². The van der Waals surface area contributed by atoms with Gasteiger partial charge < -0.3 is 15.4 Å². The van der Waals surface area contributed by atoms with Crippen molar-refractivity contribution < 1.29 is 21.6 Å². The fourth-order valence-electron chi connectivity index (χ4n) is 3.02. The van der Waals surface area contributed by atoms with Crippen LogP contribution >= 0.6 is 23.8 Å². The number of sulfonamides is 2. The number of thiocarbonyl (C=S) groups is 1. The van der Waals surface area contributed by atoms with Gasteiger partial charge in [-0.2, -0.15) is 0 Å². The molecule has 3 N–H and O–H groups in total. The standard InChI is InChI=1S/C23H25ClN4O5S3/c1-4-33-19-11-8-16(9-12-19)27-35(29,30)22-15-18(10-13-21(22)24)26-23(34)25-17-6-5-7-20(14-17)36(31,32)28(2)3/h5-15,27H,4H2,1-3H3,(H2,25,26,34). The van der Waals surface area contributed by atoms with E-state index in [2.05, 4.69) is 15.4 Å². The Balaban J connectivity index is 1.75. The van der Waals surface area contributed by atoms with E-state index in [0.717, 1.165) is 4.31 Å². The van der Waals surface area contributed by atoms with Crippen molar-refractivity contribution >= 4 is 66.0 Å². The van der Waals surface area contributed by atoms with E-state index in [4.69, 9.17) is 28.6 Å². The molecule has 0 saturated carbocycles. The van der Waals surface area contributed by atoms with Crippen molar-refractivity contribution in [3.63, 3.8) is 0 Å². The molecule has 0 unspecified atom stereocenters. The quantitative estimate of drug-likeness (QED) is 0.321. The molecule has 3 aromatic carbocycles. The van der Waals surface area contributed by atoms with E-state index < -0.39 is 20.0 Å². The Bertz CT molecular complexity index is 1460. The Kier molecular flexibility index (Phi) is 8.80. The minimum absolute atomic E-state index is 0.0273. The monoisotopic (exact) mass is 568 g/mol. The average Bonchev–Trinajstić information content (AvgIpc) is 2.81. The molecule has 13 heteroatoms. The molecule has 0 atom stereocenters. The fourth-order valence-corrected chi connectivity index (χ4v) is 5.79. The lowest BCUT2D eigenvalue weighted by molar-refractivity contribution is 0.340. The Labute approximate surface area is 221 Å². The van der Waals surface area contributed by atoms with Crippen LogP contribution in [0.2, 0.25) is 5.02 Å². The molecule has 0 heterocycles. The van der Waals surface area contributed by atoms with E-state index in [1.54, 1.807) is 42.5 Å². The zero-order chi connectivity index (χ0) is 26.5. The Hall–Kier alpha value is -2.90. The highest BCUT2D eigenvalue weighted by molar-refractivity contribution is 7.92. The average molecular weight is 569 g/mol. The zero-order valence-electron chi connectivity index (χ0n) is 19.6. The first-order chi connectivity index (χ1) is 16.9. The maximum Gasteiger partial charge on any atom is 0.263 e. The van der Waals surface area contributed by atoms with Crippen LogP contribution < -0.4 is 20.1 Å². The lowest BCUT2D eigenvalue weighted by atomic mass is 10.3. The largest absolute Gasteiger partial charge is 0.494 e. The van der Waals surface area contributed by atoms with Gasteiger partial charge >= 0.3 is 0 Å². The zero-order valence-corrected chi connectivity index (χ0v) is 22.9. The topological polar surface area (TPSA) is 117 Å². The Morgan fingerprint density at radius 3 is 2.14 bits per heavy atom. The molecule has 3 rings (SSSR count). The predicted molar refractivity (Wildman–Crippen MR) is 147 cm³/mol. The summed E-state index contributed by atoms with van der Waals surface area (Å²) in [6, 6.07) is 17.0. The number of halogens is 1. The van der Waals surface area contributed by atoms with E-state index in [9.17, 15) is 16.8 Å². The second kappa shape index (κ2) is 11.4.